The van der Waals surface area contributed by atoms with E-state index in [1.54, 1.807) is 19.1 Å². The molecule has 1 atom stereocenters. The van der Waals surface area contributed by atoms with Crippen LogP contribution in [0.1, 0.15) is 34.8 Å². The lowest BCUT2D eigenvalue weighted by Gasteiger charge is -2.15. The van der Waals surface area contributed by atoms with E-state index < -0.39 is 0 Å². The van der Waals surface area contributed by atoms with Gasteiger partial charge in [0.05, 0.1) is 16.8 Å². The first-order valence-electron chi connectivity index (χ1n) is 8.26. The molecule has 0 saturated heterocycles. The third kappa shape index (κ3) is 4.37. The smallest absolute Gasteiger partial charge is 0.270 e. The average molecular weight is 367 g/mol. The fourth-order valence-corrected chi connectivity index (χ4v) is 2.73. The molecule has 1 unspecified atom stereocenters. The molecule has 0 fully saturated rings. The molecule has 1 amide bonds. The zero-order valence-corrected chi connectivity index (χ0v) is 15.3. The van der Waals surface area contributed by atoms with Crippen molar-refractivity contribution in [2.24, 2.45) is 0 Å². The number of anilines is 2. The highest BCUT2D eigenvalue weighted by atomic mass is 35.5. The molecule has 6 heteroatoms. The maximum absolute atomic E-state index is 12.6. The van der Waals surface area contributed by atoms with E-state index in [0.29, 0.717) is 22.4 Å². The number of benzene rings is 2. The molecular weight excluding hydrogens is 348 g/mol. The summed E-state index contributed by atoms with van der Waals surface area (Å²) in [7, 11) is 0. The van der Waals surface area contributed by atoms with Gasteiger partial charge in [-0.05, 0) is 31.5 Å². The molecule has 5 nitrogen and oxygen atoms in total. The molecule has 26 heavy (non-hydrogen) atoms. The maximum atomic E-state index is 12.6. The second-order valence-corrected chi connectivity index (χ2v) is 6.30. The number of carbonyl (C=O) groups is 1. The predicted molar refractivity (Wildman–Crippen MR) is 104 cm³/mol. The van der Waals surface area contributed by atoms with Crippen LogP contribution >= 0.6 is 11.6 Å². The van der Waals surface area contributed by atoms with Gasteiger partial charge in [-0.1, -0.05) is 54.1 Å². The molecule has 3 aromatic rings. The number of carbonyl (C=O) groups excluding carboxylic acids is 1. The first kappa shape index (κ1) is 17.9. The number of hydrogen-bond donors (Lipinski definition) is 2. The number of para-hydroxylation sites is 1. The van der Waals surface area contributed by atoms with E-state index in [4.69, 9.17) is 11.6 Å². The summed E-state index contributed by atoms with van der Waals surface area (Å²) in [6.07, 6.45) is 0. The van der Waals surface area contributed by atoms with Gasteiger partial charge < -0.3 is 10.6 Å². The molecule has 2 N–H and O–H groups in total. The highest BCUT2D eigenvalue weighted by Gasteiger charge is 2.14. The lowest BCUT2D eigenvalue weighted by atomic mass is 10.1. The molecule has 0 aliphatic carbocycles. The number of aryl methyl sites for hydroxylation is 1. The summed E-state index contributed by atoms with van der Waals surface area (Å²) in [6.45, 7) is 3.68. The Morgan fingerprint density at radius 3 is 2.46 bits per heavy atom. The number of halogens is 1. The second-order valence-electron chi connectivity index (χ2n) is 5.90. The van der Waals surface area contributed by atoms with Crippen molar-refractivity contribution < 1.29 is 4.79 Å². The largest absolute Gasteiger partial charge is 0.344 e. The molecule has 0 spiro atoms. The van der Waals surface area contributed by atoms with Crippen LogP contribution < -0.4 is 10.6 Å². The fourth-order valence-electron chi connectivity index (χ4n) is 2.54. The molecule has 132 valence electrons. The van der Waals surface area contributed by atoms with Crippen molar-refractivity contribution in [1.82, 2.24) is 15.3 Å². The van der Waals surface area contributed by atoms with Crippen molar-refractivity contribution in [2.75, 3.05) is 5.32 Å². The van der Waals surface area contributed by atoms with Crippen LogP contribution in [0.5, 0.6) is 0 Å². The van der Waals surface area contributed by atoms with Crippen LogP contribution in [0, 0.1) is 6.92 Å². The monoisotopic (exact) mass is 366 g/mol. The Bertz CT molecular complexity index is 915. The summed E-state index contributed by atoms with van der Waals surface area (Å²) in [6, 6.07) is 18.6. The van der Waals surface area contributed by atoms with Gasteiger partial charge in [0.1, 0.15) is 17.3 Å². The van der Waals surface area contributed by atoms with E-state index in [1.807, 2.05) is 55.5 Å². The van der Waals surface area contributed by atoms with Gasteiger partial charge in [0.15, 0.2) is 0 Å². The molecule has 1 heterocycles. The minimum Gasteiger partial charge on any atom is -0.344 e. The third-order valence-electron chi connectivity index (χ3n) is 3.85. The number of hydrogen-bond acceptors (Lipinski definition) is 4. The average Bonchev–Trinajstić information content (AvgIpc) is 2.64. The first-order chi connectivity index (χ1) is 12.5. The van der Waals surface area contributed by atoms with Gasteiger partial charge in [0.2, 0.25) is 0 Å². The van der Waals surface area contributed by atoms with Gasteiger partial charge >= 0.3 is 0 Å². The van der Waals surface area contributed by atoms with Crippen molar-refractivity contribution in [2.45, 2.75) is 19.9 Å². The lowest BCUT2D eigenvalue weighted by molar-refractivity contribution is 0.0934. The summed E-state index contributed by atoms with van der Waals surface area (Å²) in [4.78, 5) is 21.2. The Hall–Kier alpha value is -2.92. The Balaban J connectivity index is 1.78. The predicted octanol–water partition coefficient (Wildman–Crippen LogP) is 4.67. The number of nitrogens with zero attached hydrogens (tertiary/aromatic N) is 2. The molecule has 0 radical (unpaired) electrons. The van der Waals surface area contributed by atoms with E-state index in [0.717, 1.165) is 11.3 Å². The quantitative estimate of drug-likeness (QED) is 0.688. The van der Waals surface area contributed by atoms with E-state index in [9.17, 15) is 4.79 Å². The summed E-state index contributed by atoms with van der Waals surface area (Å²) in [5.41, 5.74) is 2.05. The van der Waals surface area contributed by atoms with Crippen molar-refractivity contribution in [3.05, 3.63) is 82.8 Å². The number of nitrogens with one attached hydrogen (secondary N) is 2. The molecule has 2 aromatic carbocycles. The van der Waals surface area contributed by atoms with Crippen molar-refractivity contribution in [1.29, 1.82) is 0 Å². The maximum Gasteiger partial charge on any atom is 0.270 e. The van der Waals surface area contributed by atoms with Crippen LogP contribution in [-0.2, 0) is 0 Å². The molecule has 0 bridgehead atoms. The van der Waals surface area contributed by atoms with E-state index in [1.165, 1.54) is 0 Å². The highest BCUT2D eigenvalue weighted by Crippen LogP contribution is 2.24. The summed E-state index contributed by atoms with van der Waals surface area (Å²) in [5, 5.41) is 6.67. The fraction of sp³-hybridized carbons (Fsp3) is 0.150. The van der Waals surface area contributed by atoms with Crippen LogP contribution in [0.2, 0.25) is 5.02 Å². The normalized spacial score (nSPS) is 11.7. The van der Waals surface area contributed by atoms with Gasteiger partial charge in [-0.25, -0.2) is 9.97 Å². The molecular formula is C20H19ClN4O. The SMILES string of the molecule is Cc1nc(Nc2ccccc2Cl)cc(C(=O)NC(C)c2ccccc2)n1. The van der Waals surface area contributed by atoms with Gasteiger partial charge in [-0.3, -0.25) is 4.79 Å². The summed E-state index contributed by atoms with van der Waals surface area (Å²) < 4.78 is 0. The van der Waals surface area contributed by atoms with Gasteiger partial charge in [-0.15, -0.1) is 0 Å². The van der Waals surface area contributed by atoms with E-state index >= 15 is 0 Å². The Labute approximate surface area is 157 Å². The standard InChI is InChI=1S/C20H19ClN4O/c1-13(15-8-4-3-5-9-15)22-20(26)18-12-19(24-14(2)23-18)25-17-11-7-6-10-16(17)21/h3-13H,1-2H3,(H,22,26)(H,23,24,25). The number of aromatic nitrogens is 2. The highest BCUT2D eigenvalue weighted by molar-refractivity contribution is 6.33. The lowest BCUT2D eigenvalue weighted by Crippen LogP contribution is -2.27. The van der Waals surface area contributed by atoms with Crippen molar-refractivity contribution in [3.63, 3.8) is 0 Å². The van der Waals surface area contributed by atoms with Crippen LogP contribution in [-0.4, -0.2) is 15.9 Å². The third-order valence-corrected chi connectivity index (χ3v) is 4.18. The topological polar surface area (TPSA) is 66.9 Å². The Kier molecular flexibility index (Phi) is 5.49. The first-order valence-corrected chi connectivity index (χ1v) is 8.64. The van der Waals surface area contributed by atoms with Crippen LogP contribution in [0.3, 0.4) is 0 Å². The Morgan fingerprint density at radius 2 is 1.73 bits per heavy atom. The minimum atomic E-state index is -0.255. The molecule has 0 saturated carbocycles. The van der Waals surface area contributed by atoms with Crippen molar-refractivity contribution in [3.8, 4) is 0 Å². The molecule has 1 aromatic heterocycles. The summed E-state index contributed by atoms with van der Waals surface area (Å²) >= 11 is 6.17. The zero-order chi connectivity index (χ0) is 18.5. The second kappa shape index (κ2) is 7.97. The van der Waals surface area contributed by atoms with Crippen LogP contribution in [0.4, 0.5) is 11.5 Å². The van der Waals surface area contributed by atoms with Crippen LogP contribution in [0.15, 0.2) is 60.7 Å². The number of amides is 1. The zero-order valence-electron chi connectivity index (χ0n) is 14.5. The molecule has 0 aliphatic heterocycles. The molecule has 0 aliphatic rings. The van der Waals surface area contributed by atoms with Gasteiger partial charge in [0, 0.05) is 6.07 Å². The minimum absolute atomic E-state index is 0.126. The summed E-state index contributed by atoms with van der Waals surface area (Å²) in [5.74, 6) is 0.761. The van der Waals surface area contributed by atoms with Gasteiger partial charge in [0.25, 0.3) is 5.91 Å². The van der Waals surface area contributed by atoms with E-state index in [2.05, 4.69) is 20.6 Å². The number of rotatable bonds is 5. The van der Waals surface area contributed by atoms with Crippen LogP contribution in [0.25, 0.3) is 0 Å². The molecule has 3 rings (SSSR count). The van der Waals surface area contributed by atoms with E-state index in [-0.39, 0.29) is 11.9 Å². The van der Waals surface area contributed by atoms with Crippen molar-refractivity contribution >= 4 is 29.0 Å². The van der Waals surface area contributed by atoms with Gasteiger partial charge in [-0.2, -0.15) is 0 Å². The Morgan fingerprint density at radius 1 is 1.04 bits per heavy atom.